The lowest BCUT2D eigenvalue weighted by molar-refractivity contribution is -0.126. The highest BCUT2D eigenvalue weighted by Crippen LogP contribution is 2.28. The van der Waals surface area contributed by atoms with Gasteiger partial charge in [-0.25, -0.2) is 0 Å². The Balaban J connectivity index is 1.32. The van der Waals surface area contributed by atoms with Gasteiger partial charge in [0.05, 0.1) is 25.8 Å². The summed E-state index contributed by atoms with van der Waals surface area (Å²) in [5.74, 6) is 0.362. The number of hydrogen-bond acceptors (Lipinski definition) is 5. The minimum atomic E-state index is -0.441. The highest BCUT2D eigenvalue weighted by atomic mass is 16.5. The molecule has 1 fully saturated rings. The van der Waals surface area contributed by atoms with Crippen molar-refractivity contribution in [2.24, 2.45) is 5.92 Å². The average molecular weight is 447 g/mol. The maximum atomic E-state index is 12.7. The summed E-state index contributed by atoms with van der Waals surface area (Å²) in [7, 11) is 1.57. The molecule has 2 N–H and O–H groups in total. The van der Waals surface area contributed by atoms with Crippen molar-refractivity contribution < 1.29 is 23.5 Å². The summed E-state index contributed by atoms with van der Waals surface area (Å²) in [6.45, 7) is 0.876. The van der Waals surface area contributed by atoms with Gasteiger partial charge in [-0.1, -0.05) is 18.2 Å². The van der Waals surface area contributed by atoms with Crippen molar-refractivity contribution in [3.8, 4) is 5.75 Å². The summed E-state index contributed by atoms with van der Waals surface area (Å²) in [4.78, 5) is 39.2. The van der Waals surface area contributed by atoms with Crippen LogP contribution in [0.15, 0.2) is 71.3 Å². The molecule has 8 heteroatoms. The van der Waals surface area contributed by atoms with E-state index >= 15 is 0 Å². The molecule has 4 rings (SSSR count). The monoisotopic (exact) mass is 447 g/mol. The first-order valence-corrected chi connectivity index (χ1v) is 10.6. The molecular formula is C25H25N3O5. The number of nitrogens with zero attached hydrogens (tertiary/aromatic N) is 1. The first-order chi connectivity index (χ1) is 16.0. The first kappa shape index (κ1) is 22.1. The summed E-state index contributed by atoms with van der Waals surface area (Å²) in [5.41, 5.74) is 2.00. The largest absolute Gasteiger partial charge is 0.497 e. The third-order valence-corrected chi connectivity index (χ3v) is 5.52. The van der Waals surface area contributed by atoms with E-state index in [2.05, 4.69) is 10.6 Å². The van der Waals surface area contributed by atoms with Gasteiger partial charge in [-0.3, -0.25) is 14.4 Å². The molecule has 2 aromatic carbocycles. The predicted molar refractivity (Wildman–Crippen MR) is 122 cm³/mol. The van der Waals surface area contributed by atoms with Gasteiger partial charge in [-0.15, -0.1) is 0 Å². The van der Waals surface area contributed by atoms with Crippen LogP contribution < -0.4 is 20.3 Å². The van der Waals surface area contributed by atoms with Crippen molar-refractivity contribution in [3.05, 3.63) is 83.8 Å². The number of carbonyl (C=O) groups is 3. The lowest BCUT2D eigenvalue weighted by Crippen LogP contribution is -2.32. The van der Waals surface area contributed by atoms with Gasteiger partial charge < -0.3 is 24.7 Å². The van der Waals surface area contributed by atoms with Gasteiger partial charge in [0.2, 0.25) is 11.8 Å². The summed E-state index contributed by atoms with van der Waals surface area (Å²) >= 11 is 0. The fraction of sp³-hybridized carbons (Fsp3) is 0.240. The third kappa shape index (κ3) is 5.41. The van der Waals surface area contributed by atoms with E-state index in [1.54, 1.807) is 60.7 Å². The maximum absolute atomic E-state index is 12.7. The third-order valence-electron chi connectivity index (χ3n) is 5.52. The molecule has 1 aromatic heterocycles. The van der Waals surface area contributed by atoms with E-state index in [1.807, 2.05) is 18.2 Å². The van der Waals surface area contributed by atoms with Crippen molar-refractivity contribution >= 4 is 23.4 Å². The molecule has 0 bridgehead atoms. The number of amides is 3. The van der Waals surface area contributed by atoms with E-state index in [0.29, 0.717) is 35.9 Å². The van der Waals surface area contributed by atoms with Crippen LogP contribution in [0.25, 0.3) is 0 Å². The Kier molecular flexibility index (Phi) is 6.73. The van der Waals surface area contributed by atoms with Crippen LogP contribution >= 0.6 is 0 Å². The quantitative estimate of drug-likeness (QED) is 0.553. The first-order valence-electron chi connectivity index (χ1n) is 10.6. The fourth-order valence-corrected chi connectivity index (χ4v) is 3.75. The van der Waals surface area contributed by atoms with Gasteiger partial charge in [0.25, 0.3) is 5.91 Å². The number of ether oxygens (including phenoxy) is 1. The Morgan fingerprint density at radius 2 is 1.91 bits per heavy atom. The zero-order valence-corrected chi connectivity index (χ0v) is 18.2. The molecule has 1 atom stereocenters. The van der Waals surface area contributed by atoms with E-state index in [0.717, 1.165) is 5.56 Å². The van der Waals surface area contributed by atoms with Gasteiger partial charge >= 0.3 is 0 Å². The van der Waals surface area contributed by atoms with Crippen LogP contribution in [0.4, 0.5) is 5.69 Å². The van der Waals surface area contributed by atoms with Crippen LogP contribution in [0.1, 0.15) is 28.1 Å². The highest BCUT2D eigenvalue weighted by Gasteiger charge is 2.35. The minimum Gasteiger partial charge on any atom is -0.497 e. The molecular weight excluding hydrogens is 422 g/mol. The van der Waals surface area contributed by atoms with Crippen LogP contribution in [0.5, 0.6) is 5.75 Å². The van der Waals surface area contributed by atoms with E-state index in [9.17, 15) is 14.4 Å². The molecule has 1 unspecified atom stereocenters. The maximum Gasteiger partial charge on any atom is 0.251 e. The Bertz CT molecular complexity index is 1140. The standard InChI is InChI=1S/C25H25N3O5/c1-32-21-8-3-7-20(13-21)28-16-19(12-23(28)29)25(31)26-14-17-5-2-6-18(11-17)24(30)27-15-22-9-4-10-33-22/h2-11,13,19H,12,14-16H2,1H3,(H,26,31)(H,27,30). The van der Waals surface area contributed by atoms with Crippen molar-refractivity contribution in [2.75, 3.05) is 18.6 Å². The summed E-state index contributed by atoms with van der Waals surface area (Å²) in [6, 6.07) is 17.8. The molecule has 0 saturated carbocycles. The van der Waals surface area contributed by atoms with E-state index in [1.165, 1.54) is 0 Å². The second kappa shape index (κ2) is 10.0. The Labute approximate surface area is 191 Å². The number of furan rings is 1. The average Bonchev–Trinajstić information content (AvgIpc) is 3.51. The van der Waals surface area contributed by atoms with E-state index in [-0.39, 0.29) is 30.7 Å². The topological polar surface area (TPSA) is 101 Å². The number of rotatable bonds is 8. The van der Waals surface area contributed by atoms with Crippen molar-refractivity contribution in [2.45, 2.75) is 19.5 Å². The molecule has 0 radical (unpaired) electrons. The number of carbonyl (C=O) groups excluding carboxylic acids is 3. The molecule has 3 aromatic rings. The predicted octanol–water partition coefficient (Wildman–Crippen LogP) is 2.89. The van der Waals surface area contributed by atoms with Gasteiger partial charge in [0, 0.05) is 36.8 Å². The van der Waals surface area contributed by atoms with Crippen molar-refractivity contribution in [1.82, 2.24) is 10.6 Å². The molecule has 0 spiro atoms. The van der Waals surface area contributed by atoms with Crippen LogP contribution in [0.2, 0.25) is 0 Å². The Morgan fingerprint density at radius 3 is 2.70 bits per heavy atom. The lowest BCUT2D eigenvalue weighted by Gasteiger charge is -2.17. The second-order valence-electron chi connectivity index (χ2n) is 7.79. The molecule has 0 aliphatic carbocycles. The molecule has 1 aliphatic rings. The van der Waals surface area contributed by atoms with Crippen LogP contribution in [0.3, 0.4) is 0 Å². The Hall–Kier alpha value is -4.07. The summed E-state index contributed by atoms with van der Waals surface area (Å²) < 4.78 is 10.4. The molecule has 1 saturated heterocycles. The van der Waals surface area contributed by atoms with E-state index < -0.39 is 5.92 Å². The molecule has 33 heavy (non-hydrogen) atoms. The van der Waals surface area contributed by atoms with Crippen molar-refractivity contribution in [3.63, 3.8) is 0 Å². The molecule has 1 aliphatic heterocycles. The zero-order valence-electron chi connectivity index (χ0n) is 18.2. The Morgan fingerprint density at radius 1 is 1.06 bits per heavy atom. The van der Waals surface area contributed by atoms with Gasteiger partial charge in [-0.2, -0.15) is 0 Å². The molecule has 170 valence electrons. The number of methoxy groups -OCH3 is 1. The number of nitrogens with one attached hydrogen (secondary N) is 2. The zero-order chi connectivity index (χ0) is 23.2. The van der Waals surface area contributed by atoms with E-state index in [4.69, 9.17) is 9.15 Å². The molecule has 8 nitrogen and oxygen atoms in total. The van der Waals surface area contributed by atoms with Gasteiger partial charge in [-0.05, 0) is 42.0 Å². The van der Waals surface area contributed by atoms with Crippen molar-refractivity contribution in [1.29, 1.82) is 0 Å². The smallest absolute Gasteiger partial charge is 0.251 e. The van der Waals surface area contributed by atoms with Crippen LogP contribution in [0, 0.1) is 5.92 Å². The highest BCUT2D eigenvalue weighted by molar-refractivity contribution is 6.00. The molecule has 2 heterocycles. The number of benzene rings is 2. The SMILES string of the molecule is COc1cccc(N2CC(C(=O)NCc3cccc(C(=O)NCc4ccco4)c3)CC2=O)c1. The summed E-state index contributed by atoms with van der Waals surface area (Å²) in [6.07, 6.45) is 1.71. The molecule has 3 amide bonds. The van der Waals surface area contributed by atoms with Gasteiger partial charge in [0.15, 0.2) is 0 Å². The normalized spacial score (nSPS) is 15.4. The number of anilines is 1. The van der Waals surface area contributed by atoms with Crippen LogP contribution in [-0.2, 0) is 22.7 Å². The minimum absolute atomic E-state index is 0.0985. The summed E-state index contributed by atoms with van der Waals surface area (Å²) in [5, 5.41) is 5.69. The lowest BCUT2D eigenvalue weighted by atomic mass is 10.1. The second-order valence-corrected chi connectivity index (χ2v) is 7.79. The number of hydrogen-bond donors (Lipinski definition) is 2. The fourth-order valence-electron chi connectivity index (χ4n) is 3.75. The van der Waals surface area contributed by atoms with Crippen LogP contribution in [-0.4, -0.2) is 31.4 Å². The van der Waals surface area contributed by atoms with Gasteiger partial charge in [0.1, 0.15) is 11.5 Å².